The normalized spacial score (nSPS) is 21.9. The zero-order valence-corrected chi connectivity index (χ0v) is 9.76. The van der Waals surface area contributed by atoms with Gasteiger partial charge in [-0.2, -0.15) is 0 Å². The number of aryl methyl sites for hydroxylation is 1. The maximum absolute atomic E-state index is 9.43. The van der Waals surface area contributed by atoms with Gasteiger partial charge in [-0.15, -0.1) is 0 Å². The first-order chi connectivity index (χ1) is 7.81. The third-order valence-electron chi connectivity index (χ3n) is 3.14. The first-order valence-corrected chi connectivity index (χ1v) is 5.98. The van der Waals surface area contributed by atoms with Gasteiger partial charge in [-0.05, 0) is 25.8 Å². The Hall–Kier alpha value is -1.16. The fourth-order valence-electron chi connectivity index (χ4n) is 2.27. The molecule has 1 N–H and O–H groups in total. The number of rotatable bonds is 2. The van der Waals surface area contributed by atoms with E-state index >= 15 is 0 Å². The van der Waals surface area contributed by atoms with Gasteiger partial charge in [0.2, 0.25) is 0 Å². The molecule has 1 aromatic heterocycles. The highest BCUT2D eigenvalue weighted by Gasteiger charge is 2.21. The predicted molar refractivity (Wildman–Crippen MR) is 63.5 cm³/mol. The van der Waals surface area contributed by atoms with Crippen LogP contribution < -0.4 is 4.90 Å². The Morgan fingerprint density at radius 1 is 1.44 bits per heavy atom. The molecule has 0 aromatic carbocycles. The van der Waals surface area contributed by atoms with Crippen molar-refractivity contribution in [2.24, 2.45) is 0 Å². The lowest BCUT2D eigenvalue weighted by Gasteiger charge is -2.29. The molecule has 0 saturated carbocycles. The number of hydrogen-bond donors (Lipinski definition) is 1. The lowest BCUT2D eigenvalue weighted by Crippen LogP contribution is -2.38. The maximum atomic E-state index is 9.43. The van der Waals surface area contributed by atoms with Crippen molar-refractivity contribution in [2.45, 2.75) is 38.6 Å². The highest BCUT2D eigenvalue weighted by Crippen LogP contribution is 2.21. The molecule has 0 bridgehead atoms. The average Bonchev–Trinajstić information content (AvgIpc) is 2.53. The summed E-state index contributed by atoms with van der Waals surface area (Å²) in [5, 5.41) is 9.43. The second-order valence-electron chi connectivity index (χ2n) is 4.34. The molecule has 1 atom stereocenters. The van der Waals surface area contributed by atoms with E-state index in [1.165, 1.54) is 19.3 Å². The van der Waals surface area contributed by atoms with Crippen molar-refractivity contribution in [2.75, 3.05) is 18.1 Å². The molecule has 16 heavy (non-hydrogen) atoms. The molecule has 0 amide bonds. The van der Waals surface area contributed by atoms with E-state index in [0.29, 0.717) is 0 Å². The molecule has 4 nitrogen and oxygen atoms in total. The van der Waals surface area contributed by atoms with Gasteiger partial charge in [0.15, 0.2) is 0 Å². The third kappa shape index (κ3) is 2.50. The number of hydrogen-bond acceptors (Lipinski definition) is 4. The fraction of sp³-hybridized carbons (Fsp3) is 0.667. The zero-order valence-electron chi connectivity index (χ0n) is 9.76. The van der Waals surface area contributed by atoms with Crippen molar-refractivity contribution < 1.29 is 5.11 Å². The van der Waals surface area contributed by atoms with E-state index < -0.39 is 0 Å². The van der Waals surface area contributed by atoms with Crippen LogP contribution in [0.25, 0.3) is 0 Å². The summed E-state index contributed by atoms with van der Waals surface area (Å²) < 4.78 is 0. The van der Waals surface area contributed by atoms with E-state index in [-0.39, 0.29) is 12.6 Å². The smallest absolute Gasteiger partial charge is 0.132 e. The van der Waals surface area contributed by atoms with Crippen LogP contribution in [-0.4, -0.2) is 34.3 Å². The summed E-state index contributed by atoms with van der Waals surface area (Å²) in [5.74, 6) is 1.74. The van der Waals surface area contributed by atoms with Crippen LogP contribution in [-0.2, 0) is 0 Å². The standard InChI is InChI=1S/C12H19N3O/c1-10-13-7-6-12(14-10)15-8-4-2-3-5-11(15)9-16/h6-7,11,16H,2-5,8-9H2,1H3. The minimum absolute atomic E-state index is 0.211. The molecule has 1 aliphatic heterocycles. The molecule has 1 aliphatic rings. The van der Waals surface area contributed by atoms with Crippen LogP contribution in [0.4, 0.5) is 5.82 Å². The number of nitrogens with zero attached hydrogens (tertiary/aromatic N) is 3. The number of aliphatic hydroxyl groups is 1. The molecular formula is C12H19N3O. The maximum Gasteiger partial charge on any atom is 0.132 e. The first kappa shape index (κ1) is 11.3. The summed E-state index contributed by atoms with van der Waals surface area (Å²) in [7, 11) is 0. The molecule has 0 radical (unpaired) electrons. The van der Waals surface area contributed by atoms with Gasteiger partial charge in [0, 0.05) is 12.7 Å². The number of aliphatic hydroxyl groups excluding tert-OH is 1. The van der Waals surface area contributed by atoms with Gasteiger partial charge in [-0.3, -0.25) is 0 Å². The molecule has 4 heteroatoms. The SMILES string of the molecule is Cc1nccc(N2CCCCCC2CO)n1. The predicted octanol–water partition coefficient (Wildman–Crippen LogP) is 1.53. The Kier molecular flexibility index (Phi) is 3.72. The Morgan fingerprint density at radius 2 is 2.31 bits per heavy atom. The van der Waals surface area contributed by atoms with Crippen molar-refractivity contribution >= 4 is 5.82 Å². The Bertz CT molecular complexity index is 343. The quantitative estimate of drug-likeness (QED) is 0.822. The van der Waals surface area contributed by atoms with Crippen molar-refractivity contribution in [3.05, 3.63) is 18.1 Å². The zero-order chi connectivity index (χ0) is 11.4. The Labute approximate surface area is 96.3 Å². The molecule has 1 unspecified atom stereocenters. The highest BCUT2D eigenvalue weighted by atomic mass is 16.3. The summed E-state index contributed by atoms with van der Waals surface area (Å²) in [6.07, 6.45) is 6.47. The van der Waals surface area contributed by atoms with Gasteiger partial charge < -0.3 is 10.0 Å². The second kappa shape index (κ2) is 5.25. The van der Waals surface area contributed by atoms with Crippen molar-refractivity contribution in [1.29, 1.82) is 0 Å². The molecule has 88 valence electrons. The molecular weight excluding hydrogens is 202 g/mol. The van der Waals surface area contributed by atoms with Crippen molar-refractivity contribution in [3.63, 3.8) is 0 Å². The van der Waals surface area contributed by atoms with Crippen LogP contribution >= 0.6 is 0 Å². The first-order valence-electron chi connectivity index (χ1n) is 5.98. The lowest BCUT2D eigenvalue weighted by molar-refractivity contribution is 0.254. The van der Waals surface area contributed by atoms with E-state index in [1.807, 2.05) is 13.0 Å². The average molecular weight is 221 g/mol. The van der Waals surface area contributed by atoms with E-state index in [0.717, 1.165) is 24.6 Å². The van der Waals surface area contributed by atoms with Crippen molar-refractivity contribution in [1.82, 2.24) is 9.97 Å². The summed E-state index contributed by atoms with van der Waals surface area (Å²) >= 11 is 0. The second-order valence-corrected chi connectivity index (χ2v) is 4.34. The molecule has 1 fully saturated rings. The fourth-order valence-corrected chi connectivity index (χ4v) is 2.27. The summed E-state index contributed by atoms with van der Waals surface area (Å²) in [6, 6.07) is 2.15. The van der Waals surface area contributed by atoms with E-state index in [9.17, 15) is 5.11 Å². The Balaban J connectivity index is 2.21. The topological polar surface area (TPSA) is 49.2 Å². The van der Waals surface area contributed by atoms with Gasteiger partial charge in [-0.1, -0.05) is 12.8 Å². The lowest BCUT2D eigenvalue weighted by atomic mass is 10.1. The number of anilines is 1. The van der Waals surface area contributed by atoms with Gasteiger partial charge in [0.25, 0.3) is 0 Å². The van der Waals surface area contributed by atoms with Crippen LogP contribution in [0.3, 0.4) is 0 Å². The van der Waals surface area contributed by atoms with Gasteiger partial charge in [0.1, 0.15) is 11.6 Å². The van der Waals surface area contributed by atoms with Crippen LogP contribution in [0, 0.1) is 6.92 Å². The van der Waals surface area contributed by atoms with Crippen molar-refractivity contribution in [3.8, 4) is 0 Å². The van der Waals surface area contributed by atoms with Gasteiger partial charge >= 0.3 is 0 Å². The minimum atomic E-state index is 0.211. The van der Waals surface area contributed by atoms with E-state index in [4.69, 9.17) is 0 Å². The van der Waals surface area contributed by atoms with E-state index in [1.54, 1.807) is 6.20 Å². The van der Waals surface area contributed by atoms with Crippen LogP contribution in [0.5, 0.6) is 0 Å². The Morgan fingerprint density at radius 3 is 3.06 bits per heavy atom. The minimum Gasteiger partial charge on any atom is -0.394 e. The molecule has 1 saturated heterocycles. The van der Waals surface area contributed by atoms with Gasteiger partial charge in [-0.25, -0.2) is 9.97 Å². The summed E-state index contributed by atoms with van der Waals surface area (Å²) in [4.78, 5) is 10.8. The molecule has 2 heterocycles. The molecule has 0 aliphatic carbocycles. The number of aromatic nitrogens is 2. The molecule has 0 spiro atoms. The van der Waals surface area contributed by atoms with Crippen LogP contribution in [0.1, 0.15) is 31.5 Å². The summed E-state index contributed by atoms with van der Waals surface area (Å²) in [6.45, 7) is 3.10. The largest absolute Gasteiger partial charge is 0.394 e. The highest BCUT2D eigenvalue weighted by molar-refractivity contribution is 5.39. The monoisotopic (exact) mass is 221 g/mol. The third-order valence-corrected chi connectivity index (χ3v) is 3.14. The summed E-state index contributed by atoms with van der Waals surface area (Å²) in [5.41, 5.74) is 0. The molecule has 1 aromatic rings. The van der Waals surface area contributed by atoms with Gasteiger partial charge in [0.05, 0.1) is 12.6 Å². The molecule has 2 rings (SSSR count). The van der Waals surface area contributed by atoms with E-state index in [2.05, 4.69) is 14.9 Å². The van der Waals surface area contributed by atoms with Crippen LogP contribution in [0.2, 0.25) is 0 Å². The van der Waals surface area contributed by atoms with Crippen LogP contribution in [0.15, 0.2) is 12.3 Å².